The smallest absolute Gasteiger partial charge is 0.231 e. The first-order valence-corrected chi connectivity index (χ1v) is 14.8. The van der Waals surface area contributed by atoms with E-state index in [1.54, 1.807) is 0 Å². The third kappa shape index (κ3) is 7.93. The highest BCUT2D eigenvalue weighted by molar-refractivity contribution is 8.04. The van der Waals surface area contributed by atoms with Crippen LogP contribution in [0.2, 0.25) is 0 Å². The van der Waals surface area contributed by atoms with E-state index in [4.69, 9.17) is 0 Å². The second-order valence-electron chi connectivity index (χ2n) is 12.0. The zero-order valence-corrected chi connectivity index (χ0v) is 23.6. The summed E-state index contributed by atoms with van der Waals surface area (Å²) in [6, 6.07) is 7.24. The number of nitrogens with zero attached hydrogens (tertiary/aromatic N) is 1. The number of nitrogens with one attached hydrogen (secondary N) is 1. The molecule has 1 heterocycles. The minimum Gasteiger partial charge on any atom is -0.340 e. The lowest BCUT2D eigenvalue weighted by Gasteiger charge is -2.32. The van der Waals surface area contributed by atoms with Crippen LogP contribution in [0.4, 0.5) is 0 Å². The number of hydrogen-bond acceptors (Lipinski definition) is 4. The first-order valence-electron chi connectivity index (χ1n) is 12.9. The number of amides is 1. The molecule has 1 unspecified atom stereocenters. The first-order chi connectivity index (χ1) is 15.4. The molecule has 1 saturated heterocycles. The van der Waals surface area contributed by atoms with Crippen molar-refractivity contribution >= 4 is 29.4 Å². The molecule has 3 atom stereocenters. The topological polar surface area (TPSA) is 32.3 Å². The van der Waals surface area contributed by atoms with Gasteiger partial charge in [-0.25, -0.2) is 0 Å². The van der Waals surface area contributed by atoms with Crippen molar-refractivity contribution in [1.82, 2.24) is 10.2 Å². The normalized spacial score (nSPS) is 23.5. The molecule has 0 spiro atoms. The number of hydrogen-bond donors (Lipinski definition) is 1. The molecule has 1 aromatic carbocycles. The molecule has 3 nitrogen and oxygen atoms in total. The maximum Gasteiger partial charge on any atom is 0.231 e. The van der Waals surface area contributed by atoms with Crippen LogP contribution in [0.3, 0.4) is 0 Å². The predicted molar refractivity (Wildman–Crippen MR) is 147 cm³/mol. The van der Waals surface area contributed by atoms with Gasteiger partial charge in [0, 0.05) is 28.5 Å². The predicted octanol–water partition coefficient (Wildman–Crippen LogP) is 6.98. The number of likely N-dealkylation sites (tertiary alicyclic amines) is 1. The Hall–Kier alpha value is -0.650. The molecule has 1 N–H and O–H groups in total. The maximum atomic E-state index is 12.7. The molecule has 0 bridgehead atoms. The van der Waals surface area contributed by atoms with E-state index >= 15 is 0 Å². The molecule has 2 fully saturated rings. The largest absolute Gasteiger partial charge is 0.340 e. The van der Waals surface area contributed by atoms with Crippen molar-refractivity contribution in [2.24, 2.45) is 0 Å². The Bertz CT molecular complexity index is 758. The number of rotatable bonds is 7. The van der Waals surface area contributed by atoms with E-state index in [2.05, 4.69) is 88.6 Å². The second-order valence-corrected chi connectivity index (χ2v) is 14.6. The Morgan fingerprint density at radius 2 is 1.48 bits per heavy atom. The highest BCUT2D eigenvalue weighted by atomic mass is 32.2. The van der Waals surface area contributed by atoms with Gasteiger partial charge in [0.1, 0.15) is 0 Å². The first kappa shape index (κ1) is 26.9. The van der Waals surface area contributed by atoms with Crippen LogP contribution in [0.5, 0.6) is 0 Å². The van der Waals surface area contributed by atoms with Gasteiger partial charge in [-0.3, -0.25) is 9.69 Å². The second kappa shape index (κ2) is 11.4. The van der Waals surface area contributed by atoms with Gasteiger partial charge in [-0.1, -0.05) is 60.5 Å². The molecule has 1 aromatic rings. The standard InChI is InChI=1S/C28H46N2OS2/c1-20(30-14-10-11-15-30)29-26(31)19-32-24-12-8-9-13-25(24)33-23-17-21(27(2,3)4)16-22(18-23)28(5,6)7/h16-18,20,24-25H,8-15,19H2,1-7H3,(H,29,31)/t20?,24-,25-/m1/s1. The van der Waals surface area contributed by atoms with E-state index in [0.717, 1.165) is 13.1 Å². The van der Waals surface area contributed by atoms with Crippen LogP contribution in [0.15, 0.2) is 23.1 Å². The summed E-state index contributed by atoms with van der Waals surface area (Å²) in [6.07, 6.45) is 7.73. The maximum absolute atomic E-state index is 12.7. The molecule has 3 rings (SSSR count). The molecule has 1 saturated carbocycles. The van der Waals surface area contributed by atoms with E-state index in [1.807, 2.05) is 11.8 Å². The van der Waals surface area contributed by atoms with Crippen molar-refractivity contribution in [3.63, 3.8) is 0 Å². The molecule has 186 valence electrons. The van der Waals surface area contributed by atoms with Crippen LogP contribution in [-0.4, -0.2) is 46.3 Å². The van der Waals surface area contributed by atoms with Gasteiger partial charge < -0.3 is 5.32 Å². The number of benzene rings is 1. The van der Waals surface area contributed by atoms with Crippen molar-refractivity contribution in [3.8, 4) is 0 Å². The van der Waals surface area contributed by atoms with Gasteiger partial charge in [-0.15, -0.1) is 23.5 Å². The summed E-state index contributed by atoms with van der Waals surface area (Å²) < 4.78 is 0. The molecule has 2 aliphatic rings. The summed E-state index contributed by atoms with van der Waals surface area (Å²) >= 11 is 3.94. The summed E-state index contributed by atoms with van der Waals surface area (Å²) in [7, 11) is 0. The van der Waals surface area contributed by atoms with Gasteiger partial charge in [0.25, 0.3) is 0 Å². The molecule has 5 heteroatoms. The number of carbonyl (C=O) groups excluding carboxylic acids is 1. The summed E-state index contributed by atoms with van der Waals surface area (Å²) in [4.78, 5) is 16.4. The Morgan fingerprint density at radius 1 is 0.939 bits per heavy atom. The van der Waals surface area contributed by atoms with Gasteiger partial charge in [-0.2, -0.15) is 0 Å². The van der Waals surface area contributed by atoms with Crippen LogP contribution in [0, 0.1) is 0 Å². The van der Waals surface area contributed by atoms with Crippen LogP contribution < -0.4 is 5.32 Å². The van der Waals surface area contributed by atoms with Crippen LogP contribution in [-0.2, 0) is 15.6 Å². The van der Waals surface area contributed by atoms with Gasteiger partial charge in [0.05, 0.1) is 11.9 Å². The molecule has 0 aromatic heterocycles. The Morgan fingerprint density at radius 3 is 2.03 bits per heavy atom. The van der Waals surface area contributed by atoms with E-state index in [1.165, 1.54) is 54.5 Å². The van der Waals surface area contributed by atoms with Gasteiger partial charge >= 0.3 is 0 Å². The van der Waals surface area contributed by atoms with Crippen molar-refractivity contribution in [2.75, 3.05) is 18.8 Å². The lowest BCUT2D eigenvalue weighted by molar-refractivity contribution is -0.120. The monoisotopic (exact) mass is 490 g/mol. The molecule has 1 aliphatic carbocycles. The number of thioether (sulfide) groups is 2. The van der Waals surface area contributed by atoms with Crippen LogP contribution >= 0.6 is 23.5 Å². The lowest BCUT2D eigenvalue weighted by atomic mass is 9.81. The fourth-order valence-corrected chi connectivity index (χ4v) is 7.62. The Labute approximate surface area is 211 Å². The lowest BCUT2D eigenvalue weighted by Crippen LogP contribution is -2.45. The molecule has 1 aliphatic heterocycles. The molecule has 1 amide bonds. The van der Waals surface area contributed by atoms with Gasteiger partial charge in [-0.05, 0) is 66.7 Å². The Kier molecular flexibility index (Phi) is 9.30. The van der Waals surface area contributed by atoms with Crippen LogP contribution in [0.1, 0.15) is 98.1 Å². The molecule has 0 radical (unpaired) electrons. The number of carbonyl (C=O) groups is 1. The summed E-state index contributed by atoms with van der Waals surface area (Å²) in [5, 5.41) is 4.36. The van der Waals surface area contributed by atoms with E-state index in [0.29, 0.717) is 16.3 Å². The van der Waals surface area contributed by atoms with E-state index in [9.17, 15) is 4.79 Å². The highest BCUT2D eigenvalue weighted by Gasteiger charge is 2.29. The van der Waals surface area contributed by atoms with Crippen molar-refractivity contribution in [2.45, 2.75) is 119 Å². The van der Waals surface area contributed by atoms with E-state index in [-0.39, 0.29) is 22.9 Å². The summed E-state index contributed by atoms with van der Waals surface area (Å²) in [5.74, 6) is 0.772. The highest BCUT2D eigenvalue weighted by Crippen LogP contribution is 2.42. The summed E-state index contributed by atoms with van der Waals surface area (Å²) in [5.41, 5.74) is 3.13. The quantitative estimate of drug-likeness (QED) is 0.447. The summed E-state index contributed by atoms with van der Waals surface area (Å²) in [6.45, 7) is 18.2. The molecular weight excluding hydrogens is 444 g/mol. The van der Waals surface area contributed by atoms with Crippen molar-refractivity contribution in [1.29, 1.82) is 0 Å². The zero-order valence-electron chi connectivity index (χ0n) is 22.0. The van der Waals surface area contributed by atoms with Gasteiger partial charge in [0.2, 0.25) is 5.91 Å². The fraction of sp³-hybridized carbons (Fsp3) is 0.750. The SMILES string of the molecule is CC(NC(=O)CS[C@@H]1CCCC[C@H]1Sc1cc(C(C)(C)C)cc(C(C)(C)C)c1)N1CCCC1. The average Bonchev–Trinajstić information content (AvgIpc) is 3.27. The molecular formula is C28H46N2OS2. The fourth-order valence-electron chi connectivity index (χ4n) is 4.77. The van der Waals surface area contributed by atoms with Crippen molar-refractivity contribution < 1.29 is 4.79 Å². The minimum absolute atomic E-state index is 0.140. The van der Waals surface area contributed by atoms with Gasteiger partial charge in [0.15, 0.2) is 0 Å². The molecule has 33 heavy (non-hydrogen) atoms. The zero-order chi connectivity index (χ0) is 24.2. The average molecular weight is 491 g/mol. The van der Waals surface area contributed by atoms with Crippen molar-refractivity contribution in [3.05, 3.63) is 29.3 Å². The third-order valence-electron chi connectivity index (χ3n) is 7.05. The third-order valence-corrected chi connectivity index (χ3v) is 10.0. The Balaban J connectivity index is 1.64. The van der Waals surface area contributed by atoms with E-state index < -0.39 is 0 Å². The van der Waals surface area contributed by atoms with Crippen LogP contribution in [0.25, 0.3) is 0 Å². The minimum atomic E-state index is 0.140.